The number of benzene rings is 1. The molecule has 2 aromatic rings. The van der Waals surface area contributed by atoms with Gasteiger partial charge in [0.15, 0.2) is 0 Å². The number of fused-ring (bicyclic) bond motifs is 1. The Morgan fingerprint density at radius 1 is 1.25 bits per heavy atom. The molecule has 3 rings (SSSR count). The van der Waals surface area contributed by atoms with Crippen molar-refractivity contribution in [3.8, 4) is 0 Å². The number of carbonyl (C=O) groups excluding carboxylic acids is 1. The summed E-state index contributed by atoms with van der Waals surface area (Å²) in [6, 6.07) is 3.46. The van der Waals surface area contributed by atoms with Gasteiger partial charge in [-0.3, -0.25) is 9.59 Å². The van der Waals surface area contributed by atoms with Crippen molar-refractivity contribution in [1.29, 1.82) is 0 Å². The summed E-state index contributed by atoms with van der Waals surface area (Å²) >= 11 is 12.4. The van der Waals surface area contributed by atoms with Crippen LogP contribution in [-0.2, 0) is 13.0 Å². The van der Waals surface area contributed by atoms with Crippen molar-refractivity contribution >= 4 is 34.8 Å². The van der Waals surface area contributed by atoms with Gasteiger partial charge in [0, 0.05) is 22.8 Å². The molecule has 0 saturated heterocycles. The Balaban J connectivity index is 2.00. The third-order valence-electron chi connectivity index (χ3n) is 4.32. The summed E-state index contributed by atoms with van der Waals surface area (Å²) in [5.41, 5.74) is 9.20. The molecule has 0 bridgehead atoms. The number of pyridine rings is 1. The van der Waals surface area contributed by atoms with Crippen molar-refractivity contribution in [3.05, 3.63) is 60.5 Å². The Bertz CT molecular complexity index is 906. The van der Waals surface area contributed by atoms with Gasteiger partial charge in [0.05, 0.1) is 22.8 Å². The zero-order valence-corrected chi connectivity index (χ0v) is 14.9. The number of H-pyrrole nitrogens is 1. The van der Waals surface area contributed by atoms with Gasteiger partial charge in [0.1, 0.15) is 0 Å². The van der Waals surface area contributed by atoms with Crippen LogP contribution in [0, 0.1) is 13.8 Å². The molecule has 0 spiro atoms. The van der Waals surface area contributed by atoms with Crippen LogP contribution in [0.1, 0.15) is 32.7 Å². The molecule has 0 radical (unpaired) electrons. The van der Waals surface area contributed by atoms with Gasteiger partial charge < -0.3 is 15.6 Å². The van der Waals surface area contributed by atoms with Crippen molar-refractivity contribution in [1.82, 2.24) is 9.88 Å². The van der Waals surface area contributed by atoms with Crippen molar-refractivity contribution < 1.29 is 4.79 Å². The van der Waals surface area contributed by atoms with Gasteiger partial charge in [-0.05, 0) is 43.5 Å². The Morgan fingerprint density at radius 2 is 1.96 bits per heavy atom. The highest BCUT2D eigenvalue weighted by atomic mass is 35.5. The molecule has 7 heteroatoms. The van der Waals surface area contributed by atoms with Gasteiger partial charge in [-0.25, -0.2) is 0 Å². The molecule has 1 aliphatic rings. The zero-order valence-electron chi connectivity index (χ0n) is 13.4. The number of aryl methyl sites for hydroxylation is 2. The van der Waals surface area contributed by atoms with Crippen molar-refractivity contribution in [2.45, 2.75) is 26.8 Å². The quantitative estimate of drug-likeness (QED) is 0.802. The summed E-state index contributed by atoms with van der Waals surface area (Å²) in [6.45, 7) is 4.38. The predicted molar refractivity (Wildman–Crippen MR) is 95.9 cm³/mol. The minimum absolute atomic E-state index is 0.178. The summed E-state index contributed by atoms with van der Waals surface area (Å²) in [4.78, 5) is 29.4. The van der Waals surface area contributed by atoms with E-state index in [0.717, 1.165) is 11.3 Å². The maximum Gasteiger partial charge on any atom is 0.256 e. The van der Waals surface area contributed by atoms with E-state index in [0.29, 0.717) is 34.7 Å². The number of aromatic amines is 1. The molecule has 0 saturated carbocycles. The fourth-order valence-corrected chi connectivity index (χ4v) is 3.63. The summed E-state index contributed by atoms with van der Waals surface area (Å²) in [6.07, 6.45) is 0.572. The number of amides is 1. The molecular weight excluding hydrogens is 349 g/mol. The molecule has 2 heterocycles. The molecule has 0 unspecified atom stereocenters. The first-order valence-corrected chi connectivity index (χ1v) is 8.30. The number of nitrogens with zero attached hydrogens (tertiary/aromatic N) is 1. The van der Waals surface area contributed by atoms with E-state index in [1.165, 1.54) is 0 Å². The smallest absolute Gasteiger partial charge is 0.256 e. The molecule has 126 valence electrons. The average molecular weight is 366 g/mol. The predicted octanol–water partition coefficient (Wildman–Crippen LogP) is 3.08. The molecule has 3 N–H and O–H groups in total. The number of hydrogen-bond donors (Lipinski definition) is 2. The summed E-state index contributed by atoms with van der Waals surface area (Å²) < 4.78 is 0. The number of aromatic nitrogens is 1. The van der Waals surface area contributed by atoms with Gasteiger partial charge in [0.2, 0.25) is 0 Å². The second-order valence-corrected chi connectivity index (χ2v) is 6.82. The number of halogens is 2. The lowest BCUT2D eigenvalue weighted by atomic mass is 9.97. The van der Waals surface area contributed by atoms with Crippen LogP contribution in [-0.4, -0.2) is 22.3 Å². The van der Waals surface area contributed by atoms with E-state index in [2.05, 4.69) is 4.98 Å². The normalized spacial score (nSPS) is 14.0. The summed E-state index contributed by atoms with van der Waals surface area (Å²) in [5.74, 6) is -0.255. The van der Waals surface area contributed by atoms with E-state index in [1.54, 1.807) is 11.0 Å². The molecule has 1 aromatic carbocycles. The van der Waals surface area contributed by atoms with E-state index in [-0.39, 0.29) is 28.7 Å². The van der Waals surface area contributed by atoms with Crippen LogP contribution in [0.4, 0.5) is 5.69 Å². The molecule has 1 aromatic heterocycles. The molecular formula is C17H17Cl2N3O2. The van der Waals surface area contributed by atoms with Crippen LogP contribution in [0.15, 0.2) is 16.9 Å². The third-order valence-corrected chi connectivity index (χ3v) is 5.07. The molecule has 1 amide bonds. The lowest BCUT2D eigenvalue weighted by Gasteiger charge is -2.30. The third kappa shape index (κ3) is 2.78. The Morgan fingerprint density at radius 3 is 2.62 bits per heavy atom. The highest BCUT2D eigenvalue weighted by Gasteiger charge is 2.30. The maximum atomic E-state index is 12.9. The van der Waals surface area contributed by atoms with Gasteiger partial charge >= 0.3 is 0 Å². The molecule has 0 fully saturated rings. The molecule has 24 heavy (non-hydrogen) atoms. The van der Waals surface area contributed by atoms with Gasteiger partial charge in [-0.15, -0.1) is 0 Å². The van der Waals surface area contributed by atoms with Crippen LogP contribution in [0.3, 0.4) is 0 Å². The van der Waals surface area contributed by atoms with Gasteiger partial charge in [0.25, 0.3) is 11.5 Å². The van der Waals surface area contributed by atoms with Gasteiger partial charge in [-0.1, -0.05) is 23.2 Å². The zero-order chi connectivity index (χ0) is 17.6. The van der Waals surface area contributed by atoms with E-state index in [1.807, 2.05) is 19.9 Å². The Hall–Kier alpha value is -1.98. The Kier molecular flexibility index (Phi) is 4.32. The van der Waals surface area contributed by atoms with Crippen LogP contribution < -0.4 is 11.3 Å². The van der Waals surface area contributed by atoms with E-state index in [9.17, 15) is 9.59 Å². The van der Waals surface area contributed by atoms with E-state index >= 15 is 0 Å². The Labute approximate surface area is 149 Å². The fraction of sp³-hybridized carbons (Fsp3) is 0.294. The molecule has 0 atom stereocenters. The summed E-state index contributed by atoms with van der Waals surface area (Å²) in [5, 5.41) is 0.669. The van der Waals surface area contributed by atoms with Crippen LogP contribution >= 0.6 is 23.2 Å². The number of nitrogen functional groups attached to an aromatic ring is 1. The largest absolute Gasteiger partial charge is 0.397 e. The average Bonchev–Trinajstić information content (AvgIpc) is 2.49. The molecule has 0 aliphatic carbocycles. The SMILES string of the molecule is Cc1cc(C)c(CN2CCc3c(Cl)cc(N)c(Cl)c3C2=O)c(=O)[nH]1. The number of carbonyl (C=O) groups is 1. The first-order chi connectivity index (χ1) is 11.3. The summed E-state index contributed by atoms with van der Waals surface area (Å²) in [7, 11) is 0. The number of rotatable bonds is 2. The topological polar surface area (TPSA) is 79.2 Å². The maximum absolute atomic E-state index is 12.9. The molecule has 1 aliphatic heterocycles. The van der Waals surface area contributed by atoms with Crippen LogP contribution in [0.2, 0.25) is 10.0 Å². The first kappa shape index (κ1) is 16.9. The molecule has 5 nitrogen and oxygen atoms in total. The van der Waals surface area contributed by atoms with Crippen molar-refractivity contribution in [2.24, 2.45) is 0 Å². The van der Waals surface area contributed by atoms with Crippen LogP contribution in [0.25, 0.3) is 0 Å². The van der Waals surface area contributed by atoms with Crippen LogP contribution in [0.5, 0.6) is 0 Å². The minimum Gasteiger partial charge on any atom is -0.397 e. The number of hydrogen-bond acceptors (Lipinski definition) is 3. The fourth-order valence-electron chi connectivity index (χ4n) is 3.08. The standard InChI is InChI=1S/C17H17Cl2N3O2/c1-8-5-9(2)21-16(23)11(8)7-22-4-3-10-12(18)6-13(20)15(19)14(10)17(22)24/h5-6H,3-4,7,20H2,1-2H3,(H,21,23). The minimum atomic E-state index is -0.255. The highest BCUT2D eigenvalue weighted by Crippen LogP contribution is 2.36. The van der Waals surface area contributed by atoms with Gasteiger partial charge in [-0.2, -0.15) is 0 Å². The second kappa shape index (κ2) is 6.15. The van der Waals surface area contributed by atoms with E-state index in [4.69, 9.17) is 28.9 Å². The monoisotopic (exact) mass is 365 g/mol. The second-order valence-electron chi connectivity index (χ2n) is 6.03. The van der Waals surface area contributed by atoms with E-state index < -0.39 is 0 Å². The number of anilines is 1. The lowest BCUT2D eigenvalue weighted by Crippen LogP contribution is -2.39. The van der Waals surface area contributed by atoms with Crippen molar-refractivity contribution in [3.63, 3.8) is 0 Å². The first-order valence-electron chi connectivity index (χ1n) is 7.54. The lowest BCUT2D eigenvalue weighted by molar-refractivity contribution is 0.0726. The highest BCUT2D eigenvalue weighted by molar-refractivity contribution is 6.39. The van der Waals surface area contributed by atoms with Crippen molar-refractivity contribution in [2.75, 3.05) is 12.3 Å². The number of nitrogens with two attached hydrogens (primary N) is 1. The number of nitrogens with one attached hydrogen (secondary N) is 1.